The Labute approximate surface area is 67.8 Å². The molecule has 0 aromatic carbocycles. The molecular formula is C6H13Cl2N. The summed E-state index contributed by atoms with van der Waals surface area (Å²) in [6.07, 6.45) is 2.62. The molecule has 0 aromatic rings. The fourth-order valence-electron chi connectivity index (χ4n) is 1.17. The first-order valence-corrected chi connectivity index (χ1v) is 3.64. The van der Waals surface area contributed by atoms with Crippen LogP contribution in [0.1, 0.15) is 12.8 Å². The van der Waals surface area contributed by atoms with E-state index >= 15 is 0 Å². The summed E-state index contributed by atoms with van der Waals surface area (Å²) in [6.45, 7) is 1.23. The molecule has 3 heteroatoms. The molecule has 0 N–H and O–H groups in total. The van der Waals surface area contributed by atoms with Gasteiger partial charge >= 0.3 is 0 Å². The van der Waals surface area contributed by atoms with Crippen LogP contribution in [-0.4, -0.2) is 30.4 Å². The van der Waals surface area contributed by atoms with Gasteiger partial charge in [0, 0.05) is 11.9 Å². The summed E-state index contributed by atoms with van der Waals surface area (Å²) in [6, 6.07) is 0.664. The highest BCUT2D eigenvalue weighted by Gasteiger charge is 2.18. The fraction of sp³-hybridized carbons (Fsp3) is 1.00. The third-order valence-corrected chi connectivity index (χ3v) is 2.21. The molecule has 1 nitrogen and oxygen atoms in total. The maximum Gasteiger partial charge on any atom is 0.0379 e. The summed E-state index contributed by atoms with van der Waals surface area (Å²) in [4.78, 5) is 2.33. The van der Waals surface area contributed by atoms with E-state index in [1.807, 2.05) is 0 Å². The molecule has 9 heavy (non-hydrogen) atoms. The van der Waals surface area contributed by atoms with Crippen LogP contribution in [-0.2, 0) is 0 Å². The van der Waals surface area contributed by atoms with Crippen LogP contribution in [0.2, 0.25) is 0 Å². The minimum absolute atomic E-state index is 0. The molecule has 56 valence electrons. The van der Waals surface area contributed by atoms with Gasteiger partial charge in [0.05, 0.1) is 0 Å². The Morgan fingerprint density at radius 3 is 2.56 bits per heavy atom. The molecule has 1 aliphatic heterocycles. The average molecular weight is 170 g/mol. The molecule has 0 aliphatic carbocycles. The Hall–Kier alpha value is 0.540. The number of likely N-dealkylation sites (tertiary alicyclic amines) is 1. The predicted octanol–water partition coefficient (Wildman–Crippen LogP) is 1.74. The van der Waals surface area contributed by atoms with Gasteiger partial charge in [-0.05, 0) is 26.4 Å². The lowest BCUT2D eigenvalue weighted by Crippen LogP contribution is -2.25. The fourth-order valence-corrected chi connectivity index (χ4v) is 1.56. The summed E-state index contributed by atoms with van der Waals surface area (Å²) < 4.78 is 0. The minimum Gasteiger partial charge on any atom is -0.302 e. The SMILES string of the molecule is CN1CCC[C@@H]1CCl.Cl. The number of rotatable bonds is 1. The summed E-state index contributed by atoms with van der Waals surface area (Å²) in [5, 5.41) is 0. The van der Waals surface area contributed by atoms with Gasteiger partial charge in [-0.15, -0.1) is 24.0 Å². The quantitative estimate of drug-likeness (QED) is 0.542. The predicted molar refractivity (Wildman–Crippen MR) is 43.6 cm³/mol. The molecule has 0 saturated carbocycles. The van der Waals surface area contributed by atoms with Crippen LogP contribution in [0, 0.1) is 0 Å². The summed E-state index contributed by atoms with van der Waals surface area (Å²) in [5.41, 5.74) is 0. The van der Waals surface area contributed by atoms with Gasteiger partial charge in [-0.25, -0.2) is 0 Å². The Morgan fingerprint density at radius 1 is 1.67 bits per heavy atom. The van der Waals surface area contributed by atoms with Crippen molar-refractivity contribution in [3.05, 3.63) is 0 Å². The second kappa shape index (κ2) is 4.37. The summed E-state index contributed by atoms with van der Waals surface area (Å²) in [7, 11) is 2.14. The van der Waals surface area contributed by atoms with E-state index in [4.69, 9.17) is 11.6 Å². The number of alkyl halides is 1. The molecule has 1 heterocycles. The molecule has 0 radical (unpaired) electrons. The maximum absolute atomic E-state index is 5.66. The second-order valence-corrected chi connectivity index (χ2v) is 2.74. The highest BCUT2D eigenvalue weighted by molar-refractivity contribution is 6.18. The average Bonchev–Trinajstić information content (AvgIpc) is 2.14. The normalized spacial score (nSPS) is 28.0. The number of hydrogen-bond acceptors (Lipinski definition) is 1. The number of nitrogens with zero attached hydrogens (tertiary/aromatic N) is 1. The third kappa shape index (κ3) is 2.32. The highest BCUT2D eigenvalue weighted by Crippen LogP contribution is 2.14. The molecule has 0 spiro atoms. The largest absolute Gasteiger partial charge is 0.302 e. The zero-order valence-corrected chi connectivity index (χ0v) is 7.21. The minimum atomic E-state index is 0. The Bertz CT molecular complexity index is 77.5. The van der Waals surface area contributed by atoms with Crippen molar-refractivity contribution < 1.29 is 0 Å². The van der Waals surface area contributed by atoms with Gasteiger partial charge in [-0.1, -0.05) is 0 Å². The van der Waals surface area contributed by atoms with Crippen LogP contribution >= 0.6 is 24.0 Å². The lowest BCUT2D eigenvalue weighted by atomic mass is 10.2. The highest BCUT2D eigenvalue weighted by atomic mass is 35.5. The van der Waals surface area contributed by atoms with E-state index in [1.54, 1.807) is 0 Å². The number of hydrogen-bond donors (Lipinski definition) is 0. The van der Waals surface area contributed by atoms with Gasteiger partial charge in [0.2, 0.25) is 0 Å². The van der Waals surface area contributed by atoms with Crippen LogP contribution in [0.5, 0.6) is 0 Å². The first-order chi connectivity index (χ1) is 3.84. The first-order valence-electron chi connectivity index (χ1n) is 3.11. The van der Waals surface area contributed by atoms with Crippen LogP contribution in [0.3, 0.4) is 0 Å². The molecule has 0 amide bonds. The Kier molecular flexibility index (Phi) is 4.63. The smallest absolute Gasteiger partial charge is 0.0379 e. The molecule has 1 saturated heterocycles. The van der Waals surface area contributed by atoms with Crippen molar-refractivity contribution >= 4 is 24.0 Å². The Balaban J connectivity index is 0.000000640. The van der Waals surface area contributed by atoms with Crippen molar-refractivity contribution in [3.8, 4) is 0 Å². The van der Waals surface area contributed by atoms with Gasteiger partial charge in [0.25, 0.3) is 0 Å². The second-order valence-electron chi connectivity index (χ2n) is 2.43. The van der Waals surface area contributed by atoms with Crippen molar-refractivity contribution in [1.29, 1.82) is 0 Å². The van der Waals surface area contributed by atoms with Gasteiger partial charge < -0.3 is 4.90 Å². The first kappa shape index (κ1) is 9.54. The van der Waals surface area contributed by atoms with Crippen molar-refractivity contribution in [3.63, 3.8) is 0 Å². The standard InChI is InChI=1S/C6H12ClN.ClH/c1-8-4-2-3-6(8)5-7;/h6H,2-5H2,1H3;1H/t6-;/m1./s1. The molecule has 1 fully saturated rings. The molecule has 1 aliphatic rings. The topological polar surface area (TPSA) is 3.24 Å². The molecular weight excluding hydrogens is 157 g/mol. The van der Waals surface area contributed by atoms with Crippen LogP contribution < -0.4 is 0 Å². The van der Waals surface area contributed by atoms with Crippen molar-refractivity contribution in [2.24, 2.45) is 0 Å². The zero-order chi connectivity index (χ0) is 5.98. The van der Waals surface area contributed by atoms with E-state index in [1.165, 1.54) is 19.4 Å². The van der Waals surface area contributed by atoms with E-state index in [-0.39, 0.29) is 12.4 Å². The van der Waals surface area contributed by atoms with E-state index in [0.717, 1.165) is 5.88 Å². The van der Waals surface area contributed by atoms with Gasteiger partial charge in [-0.2, -0.15) is 0 Å². The summed E-state index contributed by atoms with van der Waals surface area (Å²) >= 11 is 5.66. The van der Waals surface area contributed by atoms with Crippen LogP contribution in [0.4, 0.5) is 0 Å². The van der Waals surface area contributed by atoms with Crippen LogP contribution in [0.25, 0.3) is 0 Å². The lowest BCUT2D eigenvalue weighted by molar-refractivity contribution is 0.334. The van der Waals surface area contributed by atoms with E-state index in [2.05, 4.69) is 11.9 Å². The Morgan fingerprint density at radius 2 is 2.33 bits per heavy atom. The zero-order valence-electron chi connectivity index (χ0n) is 5.64. The van der Waals surface area contributed by atoms with Crippen LogP contribution in [0.15, 0.2) is 0 Å². The third-order valence-electron chi connectivity index (χ3n) is 1.85. The lowest BCUT2D eigenvalue weighted by Gasteiger charge is -2.14. The van der Waals surface area contributed by atoms with Crippen molar-refractivity contribution in [1.82, 2.24) is 4.90 Å². The molecule has 0 bridgehead atoms. The molecule has 0 unspecified atom stereocenters. The maximum atomic E-state index is 5.66. The molecule has 1 rings (SSSR count). The van der Waals surface area contributed by atoms with Crippen molar-refractivity contribution in [2.75, 3.05) is 19.5 Å². The van der Waals surface area contributed by atoms with Gasteiger partial charge in [0.15, 0.2) is 0 Å². The van der Waals surface area contributed by atoms with E-state index in [0.29, 0.717) is 6.04 Å². The van der Waals surface area contributed by atoms with Gasteiger partial charge in [0.1, 0.15) is 0 Å². The van der Waals surface area contributed by atoms with E-state index < -0.39 is 0 Å². The number of halogens is 2. The van der Waals surface area contributed by atoms with Gasteiger partial charge in [-0.3, -0.25) is 0 Å². The van der Waals surface area contributed by atoms with Crippen molar-refractivity contribution in [2.45, 2.75) is 18.9 Å². The molecule has 0 aromatic heterocycles. The molecule has 1 atom stereocenters. The monoisotopic (exact) mass is 169 g/mol. The summed E-state index contributed by atoms with van der Waals surface area (Å²) in [5.74, 6) is 0.802. The van der Waals surface area contributed by atoms with E-state index in [9.17, 15) is 0 Å².